The highest BCUT2D eigenvalue weighted by Crippen LogP contribution is 2.14. The molecule has 0 spiro atoms. The zero-order valence-corrected chi connectivity index (χ0v) is 14.2. The van der Waals surface area contributed by atoms with Crippen LogP contribution in [-0.4, -0.2) is 55.2 Å². The summed E-state index contributed by atoms with van der Waals surface area (Å²) in [6, 6.07) is 0. The first-order valence-electron chi connectivity index (χ1n) is 7.57. The monoisotopic (exact) mass is 350 g/mol. The minimum Gasteiger partial charge on any atom is -0.375 e. The van der Waals surface area contributed by atoms with Crippen LogP contribution in [0.4, 0.5) is 0 Å². The summed E-state index contributed by atoms with van der Waals surface area (Å²) >= 11 is 0. The van der Waals surface area contributed by atoms with Crippen molar-refractivity contribution in [2.24, 2.45) is 5.41 Å². The molecule has 0 rings (SSSR count). The number of rotatable bonds is 13. The molecule has 0 aliphatic rings. The fourth-order valence-electron chi connectivity index (χ4n) is 1.82. The van der Waals surface area contributed by atoms with Crippen molar-refractivity contribution >= 4 is 17.7 Å². The van der Waals surface area contributed by atoms with Gasteiger partial charge in [-0.2, -0.15) is 0 Å². The number of hydrogen-bond donors (Lipinski definition) is 5. The molecule has 0 heterocycles. The van der Waals surface area contributed by atoms with Gasteiger partial charge in [-0.25, -0.2) is 0 Å². The van der Waals surface area contributed by atoms with Gasteiger partial charge < -0.3 is 21.1 Å². The lowest BCUT2D eigenvalue weighted by molar-refractivity contribution is -0.117. The highest BCUT2D eigenvalue weighted by Gasteiger charge is 2.32. The van der Waals surface area contributed by atoms with Gasteiger partial charge in [0.2, 0.25) is 17.7 Å². The van der Waals surface area contributed by atoms with Crippen LogP contribution in [0.1, 0.15) is 0 Å². The number of aliphatic hydroxyl groups is 1. The van der Waals surface area contributed by atoms with Crippen molar-refractivity contribution in [1.29, 1.82) is 0 Å². The van der Waals surface area contributed by atoms with E-state index in [2.05, 4.69) is 47.6 Å². The standard InChI is InChI=1S/C17H26N4O4/c1-5-13(22)18-9-17(10-19-14(23)6-2,11-20-15(24)7-3)12-21-16(25)8-4/h5-8,13,18,22H,1-4,9-12H2,(H,19,23)(H,20,24)(H,21,25). The molecule has 3 amide bonds. The van der Waals surface area contributed by atoms with E-state index in [0.29, 0.717) is 0 Å². The zero-order chi connectivity index (χ0) is 19.3. The summed E-state index contributed by atoms with van der Waals surface area (Å²) in [5.41, 5.74) is -0.833. The van der Waals surface area contributed by atoms with Crippen LogP contribution in [0.2, 0.25) is 0 Å². The summed E-state index contributed by atoms with van der Waals surface area (Å²) in [6.07, 6.45) is 3.64. The number of hydrogen-bond acceptors (Lipinski definition) is 5. The van der Waals surface area contributed by atoms with Crippen LogP contribution in [0, 0.1) is 5.41 Å². The molecule has 0 radical (unpaired) electrons. The first-order chi connectivity index (χ1) is 11.8. The van der Waals surface area contributed by atoms with Crippen molar-refractivity contribution in [3.05, 3.63) is 50.6 Å². The quantitative estimate of drug-likeness (QED) is 0.165. The van der Waals surface area contributed by atoms with Crippen molar-refractivity contribution in [3.8, 4) is 0 Å². The maximum absolute atomic E-state index is 11.5. The van der Waals surface area contributed by atoms with E-state index < -0.39 is 29.4 Å². The van der Waals surface area contributed by atoms with Crippen LogP contribution in [0.15, 0.2) is 50.6 Å². The van der Waals surface area contributed by atoms with Gasteiger partial charge in [-0.05, 0) is 24.3 Å². The average molecular weight is 350 g/mol. The highest BCUT2D eigenvalue weighted by atomic mass is 16.3. The normalized spacial score (nSPS) is 11.6. The number of carbonyl (C=O) groups is 3. The summed E-state index contributed by atoms with van der Waals surface area (Å²) < 4.78 is 0. The third-order valence-electron chi connectivity index (χ3n) is 3.38. The molecule has 1 atom stereocenters. The Kier molecular flexibility index (Phi) is 10.5. The third kappa shape index (κ3) is 9.23. The van der Waals surface area contributed by atoms with Crippen LogP contribution in [0.3, 0.4) is 0 Å². The van der Waals surface area contributed by atoms with E-state index in [1.54, 1.807) is 0 Å². The lowest BCUT2D eigenvalue weighted by Crippen LogP contribution is -2.56. The molecule has 0 saturated heterocycles. The van der Waals surface area contributed by atoms with E-state index in [9.17, 15) is 19.5 Å². The van der Waals surface area contributed by atoms with Gasteiger partial charge in [0.1, 0.15) is 6.23 Å². The van der Waals surface area contributed by atoms with Gasteiger partial charge in [0.05, 0.1) is 0 Å². The summed E-state index contributed by atoms with van der Waals surface area (Å²) in [5, 5.41) is 20.4. The molecule has 0 aromatic heterocycles. The number of nitrogens with one attached hydrogen (secondary N) is 4. The predicted molar refractivity (Wildman–Crippen MR) is 96.3 cm³/mol. The van der Waals surface area contributed by atoms with Crippen molar-refractivity contribution in [2.45, 2.75) is 6.23 Å². The first kappa shape index (κ1) is 22.3. The molecule has 8 heteroatoms. The first-order valence-corrected chi connectivity index (χ1v) is 7.57. The lowest BCUT2D eigenvalue weighted by Gasteiger charge is -2.35. The van der Waals surface area contributed by atoms with E-state index in [1.165, 1.54) is 6.08 Å². The second-order valence-corrected chi connectivity index (χ2v) is 5.33. The zero-order valence-electron chi connectivity index (χ0n) is 14.2. The van der Waals surface area contributed by atoms with E-state index in [4.69, 9.17) is 0 Å². The molecule has 0 aromatic rings. The molecule has 0 bridgehead atoms. The lowest BCUT2D eigenvalue weighted by atomic mass is 9.86. The number of amides is 3. The fourth-order valence-corrected chi connectivity index (χ4v) is 1.82. The summed E-state index contributed by atoms with van der Waals surface area (Å²) in [4.78, 5) is 34.6. The van der Waals surface area contributed by atoms with Gasteiger partial charge in [0.25, 0.3) is 0 Å². The van der Waals surface area contributed by atoms with Crippen LogP contribution in [0.5, 0.6) is 0 Å². The number of aliphatic hydroxyl groups excluding tert-OH is 1. The molecule has 0 aliphatic carbocycles. The van der Waals surface area contributed by atoms with Crippen LogP contribution >= 0.6 is 0 Å². The molecule has 0 aliphatic heterocycles. The van der Waals surface area contributed by atoms with Gasteiger partial charge in [-0.1, -0.05) is 26.3 Å². The van der Waals surface area contributed by atoms with Crippen molar-refractivity contribution in [3.63, 3.8) is 0 Å². The molecule has 25 heavy (non-hydrogen) atoms. The minimum atomic E-state index is -0.986. The van der Waals surface area contributed by atoms with Crippen LogP contribution < -0.4 is 21.3 Å². The van der Waals surface area contributed by atoms with Crippen LogP contribution in [-0.2, 0) is 14.4 Å². The van der Waals surface area contributed by atoms with E-state index in [-0.39, 0.29) is 26.2 Å². The van der Waals surface area contributed by atoms with Gasteiger partial charge >= 0.3 is 0 Å². The van der Waals surface area contributed by atoms with Crippen LogP contribution in [0.25, 0.3) is 0 Å². The van der Waals surface area contributed by atoms with Gasteiger partial charge in [-0.3, -0.25) is 19.7 Å². The van der Waals surface area contributed by atoms with Crippen molar-refractivity contribution in [2.75, 3.05) is 26.2 Å². The maximum atomic E-state index is 11.5. The van der Waals surface area contributed by atoms with Crippen molar-refractivity contribution < 1.29 is 19.5 Å². The maximum Gasteiger partial charge on any atom is 0.243 e. The Balaban J connectivity index is 5.33. The summed E-state index contributed by atoms with van der Waals surface area (Å²) in [7, 11) is 0. The van der Waals surface area contributed by atoms with E-state index >= 15 is 0 Å². The fraction of sp³-hybridized carbons (Fsp3) is 0.353. The Bertz CT molecular complexity index is 471. The molecular weight excluding hydrogens is 324 g/mol. The second-order valence-electron chi connectivity index (χ2n) is 5.33. The number of carbonyl (C=O) groups excluding carboxylic acids is 3. The van der Waals surface area contributed by atoms with E-state index in [0.717, 1.165) is 18.2 Å². The van der Waals surface area contributed by atoms with E-state index in [1.807, 2.05) is 0 Å². The SMILES string of the molecule is C=CC(=O)NCC(CNC(=O)C=C)(CNC(=O)C=C)CNC(O)C=C. The summed E-state index contributed by atoms with van der Waals surface area (Å²) in [6.45, 7) is 14.1. The average Bonchev–Trinajstić information content (AvgIpc) is 2.65. The highest BCUT2D eigenvalue weighted by molar-refractivity contribution is 5.88. The Labute approximate surface area is 147 Å². The molecular formula is C17H26N4O4. The van der Waals surface area contributed by atoms with Gasteiger partial charge in [0.15, 0.2) is 0 Å². The topological polar surface area (TPSA) is 120 Å². The Hall–Kier alpha value is -2.71. The molecule has 8 nitrogen and oxygen atoms in total. The molecule has 0 aromatic carbocycles. The Morgan fingerprint density at radius 3 is 1.44 bits per heavy atom. The smallest absolute Gasteiger partial charge is 0.243 e. The molecule has 0 saturated carbocycles. The largest absolute Gasteiger partial charge is 0.375 e. The Morgan fingerprint density at radius 2 is 1.16 bits per heavy atom. The van der Waals surface area contributed by atoms with Crippen molar-refractivity contribution in [1.82, 2.24) is 21.3 Å². The molecule has 138 valence electrons. The second kappa shape index (κ2) is 11.8. The Morgan fingerprint density at radius 1 is 0.800 bits per heavy atom. The van der Waals surface area contributed by atoms with Gasteiger partial charge in [-0.15, -0.1) is 0 Å². The third-order valence-corrected chi connectivity index (χ3v) is 3.38. The molecule has 5 N–H and O–H groups in total. The predicted octanol–water partition coefficient (Wildman–Crippen LogP) is -1.03. The molecule has 0 fully saturated rings. The minimum absolute atomic E-state index is 0.101. The summed E-state index contributed by atoms with van der Waals surface area (Å²) in [5.74, 6) is -1.21. The van der Waals surface area contributed by atoms with Gasteiger partial charge in [0, 0.05) is 31.6 Å². The molecule has 1 unspecified atom stereocenters.